The van der Waals surface area contributed by atoms with Crippen LogP contribution in [0.3, 0.4) is 0 Å². The van der Waals surface area contributed by atoms with Gasteiger partial charge in [-0.2, -0.15) is 13.2 Å². The lowest BCUT2D eigenvalue weighted by atomic mass is 10.1. The van der Waals surface area contributed by atoms with Gasteiger partial charge in [-0.15, -0.1) is 0 Å². The zero-order chi connectivity index (χ0) is 18.4. The second-order valence-corrected chi connectivity index (χ2v) is 5.37. The number of pyridine rings is 1. The molecule has 0 aliphatic heterocycles. The van der Waals surface area contributed by atoms with Crippen LogP contribution in [0.4, 0.5) is 18.9 Å². The third-order valence-electron chi connectivity index (χ3n) is 3.37. The van der Waals surface area contributed by atoms with Crippen molar-refractivity contribution in [1.82, 2.24) is 9.88 Å². The number of carbonyl (C=O) groups is 2. The summed E-state index contributed by atoms with van der Waals surface area (Å²) in [6.07, 6.45) is -2.47. The van der Waals surface area contributed by atoms with Gasteiger partial charge in [0, 0.05) is 37.2 Å². The van der Waals surface area contributed by atoms with Gasteiger partial charge in [0.05, 0.1) is 12.0 Å². The van der Waals surface area contributed by atoms with Crippen LogP contribution >= 0.6 is 0 Å². The van der Waals surface area contributed by atoms with Gasteiger partial charge in [0.1, 0.15) is 0 Å². The first-order valence-electron chi connectivity index (χ1n) is 7.40. The van der Waals surface area contributed by atoms with Crippen molar-refractivity contribution in [2.24, 2.45) is 0 Å². The molecule has 0 spiro atoms. The lowest BCUT2D eigenvalue weighted by Gasteiger charge is -2.18. The fraction of sp³-hybridized carbons (Fsp3) is 0.235. The Hall–Kier alpha value is -2.90. The zero-order valence-corrected chi connectivity index (χ0v) is 13.4. The van der Waals surface area contributed by atoms with E-state index in [2.05, 4.69) is 10.3 Å². The average molecular weight is 351 g/mol. The Labute approximate surface area is 142 Å². The summed E-state index contributed by atoms with van der Waals surface area (Å²) >= 11 is 0. The predicted molar refractivity (Wildman–Crippen MR) is 86.3 cm³/mol. The molecule has 0 radical (unpaired) electrons. The van der Waals surface area contributed by atoms with Gasteiger partial charge in [-0.3, -0.25) is 14.6 Å². The number of hydrogen-bond acceptors (Lipinski definition) is 3. The number of aromatic nitrogens is 1. The van der Waals surface area contributed by atoms with E-state index >= 15 is 0 Å². The molecule has 1 aromatic heterocycles. The van der Waals surface area contributed by atoms with Gasteiger partial charge in [0.2, 0.25) is 0 Å². The van der Waals surface area contributed by atoms with Crippen molar-refractivity contribution in [1.29, 1.82) is 0 Å². The van der Waals surface area contributed by atoms with E-state index in [-0.39, 0.29) is 5.56 Å². The number of alkyl halides is 3. The number of rotatable bonds is 5. The van der Waals surface area contributed by atoms with Crippen molar-refractivity contribution < 1.29 is 22.8 Å². The molecule has 2 rings (SSSR count). The summed E-state index contributed by atoms with van der Waals surface area (Å²) in [7, 11) is 1.30. The molecular formula is C17H16F3N3O2. The molecule has 0 atom stereocenters. The maximum atomic E-state index is 12.3. The molecule has 0 fully saturated rings. The molecule has 25 heavy (non-hydrogen) atoms. The van der Waals surface area contributed by atoms with E-state index in [4.69, 9.17) is 0 Å². The van der Waals surface area contributed by atoms with E-state index in [1.165, 1.54) is 31.6 Å². The van der Waals surface area contributed by atoms with E-state index < -0.39 is 31.0 Å². The molecule has 2 aromatic rings. The zero-order valence-electron chi connectivity index (χ0n) is 13.4. The highest BCUT2D eigenvalue weighted by molar-refractivity contribution is 6.04. The van der Waals surface area contributed by atoms with E-state index in [1.807, 2.05) is 0 Å². The SMILES string of the molecule is CN(CCC(F)(F)F)C(=O)c1cccc(NC(=O)c2cccnc2)c1. The van der Waals surface area contributed by atoms with Crippen LogP contribution in [-0.4, -0.2) is 41.5 Å². The molecule has 0 aliphatic carbocycles. The summed E-state index contributed by atoms with van der Waals surface area (Å²) in [4.78, 5) is 29.1. The van der Waals surface area contributed by atoms with Crippen molar-refractivity contribution in [3.63, 3.8) is 0 Å². The minimum Gasteiger partial charge on any atom is -0.341 e. The monoisotopic (exact) mass is 351 g/mol. The average Bonchev–Trinajstić information content (AvgIpc) is 2.59. The first-order valence-corrected chi connectivity index (χ1v) is 7.40. The molecule has 0 aliphatic rings. The van der Waals surface area contributed by atoms with Crippen LogP contribution in [0.15, 0.2) is 48.8 Å². The van der Waals surface area contributed by atoms with Crippen molar-refractivity contribution >= 4 is 17.5 Å². The number of nitrogens with zero attached hydrogens (tertiary/aromatic N) is 2. The Bertz CT molecular complexity index is 748. The number of halogens is 3. The Kier molecular flexibility index (Phi) is 5.74. The quantitative estimate of drug-likeness (QED) is 0.898. The molecule has 132 valence electrons. The lowest BCUT2D eigenvalue weighted by Crippen LogP contribution is -2.30. The van der Waals surface area contributed by atoms with Crippen LogP contribution in [-0.2, 0) is 0 Å². The second-order valence-electron chi connectivity index (χ2n) is 5.37. The van der Waals surface area contributed by atoms with Crippen molar-refractivity contribution in [2.75, 3.05) is 18.9 Å². The third kappa shape index (κ3) is 5.59. The molecule has 2 amide bonds. The van der Waals surface area contributed by atoms with Crippen molar-refractivity contribution in [3.05, 3.63) is 59.9 Å². The van der Waals surface area contributed by atoms with Gasteiger partial charge < -0.3 is 10.2 Å². The van der Waals surface area contributed by atoms with Crippen LogP contribution in [0.5, 0.6) is 0 Å². The number of anilines is 1. The summed E-state index contributed by atoms with van der Waals surface area (Å²) in [6, 6.07) is 9.23. The Balaban J connectivity index is 2.05. The number of amides is 2. The number of hydrogen-bond donors (Lipinski definition) is 1. The number of benzene rings is 1. The molecular weight excluding hydrogens is 335 g/mol. The molecule has 0 saturated carbocycles. The van der Waals surface area contributed by atoms with Gasteiger partial charge in [-0.05, 0) is 30.3 Å². The van der Waals surface area contributed by atoms with Gasteiger partial charge >= 0.3 is 6.18 Å². The van der Waals surface area contributed by atoms with Crippen molar-refractivity contribution in [2.45, 2.75) is 12.6 Å². The van der Waals surface area contributed by atoms with Crippen LogP contribution in [0.2, 0.25) is 0 Å². The van der Waals surface area contributed by atoms with Gasteiger partial charge in [0.25, 0.3) is 11.8 Å². The first-order chi connectivity index (χ1) is 11.8. The molecule has 1 heterocycles. The van der Waals surface area contributed by atoms with Crippen molar-refractivity contribution in [3.8, 4) is 0 Å². The second kappa shape index (κ2) is 7.78. The van der Waals surface area contributed by atoms with E-state index in [9.17, 15) is 22.8 Å². The summed E-state index contributed by atoms with van der Waals surface area (Å²) in [5, 5.41) is 2.62. The van der Waals surface area contributed by atoms with Gasteiger partial charge in [0.15, 0.2) is 0 Å². The van der Waals surface area contributed by atoms with E-state index in [0.717, 1.165) is 4.90 Å². The summed E-state index contributed by atoms with van der Waals surface area (Å²) < 4.78 is 36.8. The normalized spacial score (nSPS) is 11.0. The van der Waals surface area contributed by atoms with Crippen LogP contribution in [0.25, 0.3) is 0 Å². The lowest BCUT2D eigenvalue weighted by molar-refractivity contribution is -0.136. The number of carbonyl (C=O) groups excluding carboxylic acids is 2. The standard InChI is InChI=1S/C17H16F3N3O2/c1-23(9-7-17(18,19)20)16(25)12-4-2-6-14(10-12)22-15(24)13-5-3-8-21-11-13/h2-6,8,10-11H,7,9H2,1H3,(H,22,24). The summed E-state index contributed by atoms with van der Waals surface area (Å²) in [5.74, 6) is -0.954. The smallest absolute Gasteiger partial charge is 0.341 e. The summed E-state index contributed by atoms with van der Waals surface area (Å²) in [5.41, 5.74) is 0.902. The third-order valence-corrected chi connectivity index (χ3v) is 3.37. The topological polar surface area (TPSA) is 62.3 Å². The molecule has 0 saturated heterocycles. The fourth-order valence-corrected chi connectivity index (χ4v) is 2.05. The van der Waals surface area contributed by atoms with Crippen LogP contribution in [0, 0.1) is 0 Å². The van der Waals surface area contributed by atoms with Crippen LogP contribution in [0.1, 0.15) is 27.1 Å². The fourth-order valence-electron chi connectivity index (χ4n) is 2.05. The first kappa shape index (κ1) is 18.4. The summed E-state index contributed by atoms with van der Waals surface area (Å²) in [6.45, 7) is -0.436. The molecule has 5 nitrogen and oxygen atoms in total. The van der Waals surface area contributed by atoms with E-state index in [1.54, 1.807) is 24.3 Å². The van der Waals surface area contributed by atoms with Crippen LogP contribution < -0.4 is 5.32 Å². The molecule has 1 aromatic carbocycles. The molecule has 0 unspecified atom stereocenters. The van der Waals surface area contributed by atoms with E-state index in [0.29, 0.717) is 11.3 Å². The maximum Gasteiger partial charge on any atom is 0.390 e. The highest BCUT2D eigenvalue weighted by Crippen LogP contribution is 2.20. The van der Waals surface area contributed by atoms with Gasteiger partial charge in [-0.25, -0.2) is 0 Å². The predicted octanol–water partition coefficient (Wildman–Crippen LogP) is 3.36. The van der Waals surface area contributed by atoms with Gasteiger partial charge in [-0.1, -0.05) is 6.07 Å². The highest BCUT2D eigenvalue weighted by Gasteiger charge is 2.28. The number of nitrogens with one attached hydrogen (secondary N) is 1. The molecule has 8 heteroatoms. The Morgan fingerprint density at radius 1 is 1.16 bits per heavy atom. The molecule has 1 N–H and O–H groups in total. The largest absolute Gasteiger partial charge is 0.390 e. The molecule has 0 bridgehead atoms. The highest BCUT2D eigenvalue weighted by atomic mass is 19.4. The Morgan fingerprint density at radius 2 is 1.88 bits per heavy atom. The maximum absolute atomic E-state index is 12.3. The minimum atomic E-state index is -4.33. The minimum absolute atomic E-state index is 0.189. The Morgan fingerprint density at radius 3 is 2.52 bits per heavy atom.